The van der Waals surface area contributed by atoms with E-state index in [1.165, 1.54) is 6.07 Å². The van der Waals surface area contributed by atoms with Gasteiger partial charge in [-0.2, -0.15) is 0 Å². The fourth-order valence-electron chi connectivity index (χ4n) is 1.95. The number of anilines is 1. The van der Waals surface area contributed by atoms with Crippen LogP contribution in [0.1, 0.15) is 24.9 Å². The quantitative estimate of drug-likeness (QED) is 0.764. The average molecular weight is 298 g/mol. The Labute approximate surface area is 122 Å². The maximum absolute atomic E-state index is 13.7. The number of rotatable bonds is 4. The molecule has 0 fully saturated rings. The van der Waals surface area contributed by atoms with E-state index in [0.717, 1.165) is 12.0 Å². The first kappa shape index (κ1) is 14.2. The summed E-state index contributed by atoms with van der Waals surface area (Å²) in [6, 6.07) is 11.9. The number of benzene rings is 2. The zero-order valence-corrected chi connectivity index (χ0v) is 12.0. The van der Waals surface area contributed by atoms with Gasteiger partial charge in [0.05, 0.1) is 11.7 Å². The first-order chi connectivity index (χ1) is 9.11. The van der Waals surface area contributed by atoms with E-state index in [4.69, 9.17) is 23.2 Å². The molecular formula is C15H14Cl2FN. The average Bonchev–Trinajstić information content (AvgIpc) is 2.39. The van der Waals surface area contributed by atoms with Crippen molar-refractivity contribution in [3.63, 3.8) is 0 Å². The Balaban J connectivity index is 2.28. The van der Waals surface area contributed by atoms with Crippen molar-refractivity contribution < 1.29 is 4.39 Å². The van der Waals surface area contributed by atoms with E-state index in [1.54, 1.807) is 30.3 Å². The molecule has 4 heteroatoms. The van der Waals surface area contributed by atoms with Crippen LogP contribution in [-0.2, 0) is 0 Å². The Kier molecular flexibility index (Phi) is 4.67. The third-order valence-electron chi connectivity index (χ3n) is 2.95. The molecule has 0 saturated carbocycles. The molecule has 2 aromatic carbocycles. The third-order valence-corrected chi connectivity index (χ3v) is 3.51. The fraction of sp³-hybridized carbons (Fsp3) is 0.200. The van der Waals surface area contributed by atoms with Gasteiger partial charge in [0.1, 0.15) is 5.82 Å². The van der Waals surface area contributed by atoms with Crippen molar-refractivity contribution in [2.75, 3.05) is 5.32 Å². The van der Waals surface area contributed by atoms with Gasteiger partial charge in [0.25, 0.3) is 0 Å². The third kappa shape index (κ3) is 3.40. The predicted molar refractivity (Wildman–Crippen MR) is 79.5 cm³/mol. The summed E-state index contributed by atoms with van der Waals surface area (Å²) in [7, 11) is 0. The molecule has 0 saturated heterocycles. The van der Waals surface area contributed by atoms with E-state index in [2.05, 4.69) is 5.32 Å². The van der Waals surface area contributed by atoms with Crippen molar-refractivity contribution >= 4 is 28.9 Å². The second-order valence-corrected chi connectivity index (χ2v) is 5.09. The lowest BCUT2D eigenvalue weighted by Crippen LogP contribution is -2.11. The van der Waals surface area contributed by atoms with Gasteiger partial charge in [-0.3, -0.25) is 0 Å². The van der Waals surface area contributed by atoms with E-state index in [9.17, 15) is 4.39 Å². The number of hydrogen-bond acceptors (Lipinski definition) is 1. The van der Waals surface area contributed by atoms with Crippen LogP contribution in [-0.4, -0.2) is 0 Å². The van der Waals surface area contributed by atoms with E-state index < -0.39 is 0 Å². The van der Waals surface area contributed by atoms with Crippen molar-refractivity contribution in [3.8, 4) is 0 Å². The zero-order valence-electron chi connectivity index (χ0n) is 10.5. The maximum atomic E-state index is 13.7. The SMILES string of the molecule is CCC(Nc1ccccc1F)c1ccc(Cl)cc1Cl. The first-order valence-corrected chi connectivity index (χ1v) is 6.83. The molecule has 1 N–H and O–H groups in total. The molecule has 0 spiro atoms. The van der Waals surface area contributed by atoms with Crippen molar-refractivity contribution in [2.24, 2.45) is 0 Å². The highest BCUT2D eigenvalue weighted by Crippen LogP contribution is 2.31. The topological polar surface area (TPSA) is 12.0 Å². The molecule has 0 aromatic heterocycles. The molecule has 1 atom stereocenters. The Hall–Kier alpha value is -1.25. The highest BCUT2D eigenvalue weighted by atomic mass is 35.5. The molecule has 19 heavy (non-hydrogen) atoms. The molecule has 0 aliphatic heterocycles. The highest BCUT2D eigenvalue weighted by Gasteiger charge is 2.14. The van der Waals surface area contributed by atoms with E-state index >= 15 is 0 Å². The van der Waals surface area contributed by atoms with Gasteiger partial charge in [-0.05, 0) is 36.2 Å². The normalized spacial score (nSPS) is 12.2. The fourth-order valence-corrected chi connectivity index (χ4v) is 2.49. The van der Waals surface area contributed by atoms with Crippen molar-refractivity contribution in [3.05, 3.63) is 63.9 Å². The molecular weight excluding hydrogens is 284 g/mol. The van der Waals surface area contributed by atoms with Gasteiger partial charge in [0, 0.05) is 10.0 Å². The van der Waals surface area contributed by atoms with E-state index in [0.29, 0.717) is 15.7 Å². The minimum Gasteiger partial charge on any atom is -0.376 e. The molecule has 100 valence electrons. The first-order valence-electron chi connectivity index (χ1n) is 6.08. The Bertz CT molecular complexity index is 572. The summed E-state index contributed by atoms with van der Waals surface area (Å²) in [6.07, 6.45) is 0.787. The van der Waals surface area contributed by atoms with Crippen molar-refractivity contribution in [2.45, 2.75) is 19.4 Å². The lowest BCUT2D eigenvalue weighted by Gasteiger charge is -2.20. The van der Waals surface area contributed by atoms with Crippen LogP contribution in [0.5, 0.6) is 0 Å². The number of nitrogens with one attached hydrogen (secondary N) is 1. The van der Waals surface area contributed by atoms with Crippen LogP contribution in [0, 0.1) is 5.82 Å². The standard InChI is InChI=1S/C15H14Cl2FN/c1-2-14(11-8-7-10(16)9-12(11)17)19-15-6-4-3-5-13(15)18/h3-9,14,19H,2H2,1H3. The molecule has 0 bridgehead atoms. The lowest BCUT2D eigenvalue weighted by molar-refractivity contribution is 0.624. The zero-order chi connectivity index (χ0) is 13.8. The largest absolute Gasteiger partial charge is 0.376 e. The van der Waals surface area contributed by atoms with Gasteiger partial charge in [-0.1, -0.05) is 48.3 Å². The van der Waals surface area contributed by atoms with E-state index in [1.807, 2.05) is 13.0 Å². The molecule has 0 aliphatic rings. The lowest BCUT2D eigenvalue weighted by atomic mass is 10.0. The Morgan fingerprint density at radius 1 is 1.16 bits per heavy atom. The molecule has 2 rings (SSSR count). The molecule has 2 aromatic rings. The van der Waals surface area contributed by atoms with Crippen LogP contribution in [0.25, 0.3) is 0 Å². The maximum Gasteiger partial charge on any atom is 0.146 e. The predicted octanol–water partition coefficient (Wildman–Crippen LogP) is 5.70. The van der Waals surface area contributed by atoms with Gasteiger partial charge in [-0.15, -0.1) is 0 Å². The Morgan fingerprint density at radius 3 is 2.53 bits per heavy atom. The van der Waals surface area contributed by atoms with Gasteiger partial charge < -0.3 is 5.32 Å². The summed E-state index contributed by atoms with van der Waals surface area (Å²) in [5.41, 5.74) is 1.39. The smallest absolute Gasteiger partial charge is 0.146 e. The van der Waals surface area contributed by atoms with Gasteiger partial charge in [-0.25, -0.2) is 4.39 Å². The summed E-state index contributed by atoms with van der Waals surface area (Å²) in [5, 5.41) is 4.35. The molecule has 0 aliphatic carbocycles. The van der Waals surface area contributed by atoms with Gasteiger partial charge >= 0.3 is 0 Å². The highest BCUT2D eigenvalue weighted by molar-refractivity contribution is 6.35. The van der Waals surface area contributed by atoms with Crippen LogP contribution in [0.2, 0.25) is 10.0 Å². The second-order valence-electron chi connectivity index (χ2n) is 4.25. The van der Waals surface area contributed by atoms with Crippen molar-refractivity contribution in [1.82, 2.24) is 0 Å². The second kappa shape index (κ2) is 6.27. The number of para-hydroxylation sites is 1. The summed E-state index contributed by atoms with van der Waals surface area (Å²) < 4.78 is 13.7. The molecule has 0 amide bonds. The van der Waals surface area contributed by atoms with Gasteiger partial charge in [0.15, 0.2) is 0 Å². The monoisotopic (exact) mass is 297 g/mol. The van der Waals surface area contributed by atoms with Crippen LogP contribution >= 0.6 is 23.2 Å². The molecule has 1 nitrogen and oxygen atoms in total. The summed E-state index contributed by atoms with van der Waals surface area (Å²) in [6.45, 7) is 2.02. The summed E-state index contributed by atoms with van der Waals surface area (Å²) in [5.74, 6) is -0.272. The van der Waals surface area contributed by atoms with E-state index in [-0.39, 0.29) is 11.9 Å². The molecule has 0 heterocycles. The molecule has 1 unspecified atom stereocenters. The van der Waals surface area contributed by atoms with Crippen LogP contribution in [0.3, 0.4) is 0 Å². The van der Waals surface area contributed by atoms with Crippen LogP contribution in [0.15, 0.2) is 42.5 Å². The van der Waals surface area contributed by atoms with Crippen molar-refractivity contribution in [1.29, 1.82) is 0 Å². The minimum atomic E-state index is -0.272. The minimum absolute atomic E-state index is 0.0540. The summed E-state index contributed by atoms with van der Waals surface area (Å²) in [4.78, 5) is 0. The van der Waals surface area contributed by atoms with Crippen LogP contribution in [0.4, 0.5) is 10.1 Å². The number of halogens is 3. The Morgan fingerprint density at radius 2 is 1.89 bits per heavy atom. The number of hydrogen-bond donors (Lipinski definition) is 1. The summed E-state index contributed by atoms with van der Waals surface area (Å²) >= 11 is 12.1. The van der Waals surface area contributed by atoms with Crippen LogP contribution < -0.4 is 5.32 Å². The molecule has 0 radical (unpaired) electrons. The van der Waals surface area contributed by atoms with Gasteiger partial charge in [0.2, 0.25) is 0 Å².